The van der Waals surface area contributed by atoms with Crippen molar-refractivity contribution < 1.29 is 38.1 Å². The molecule has 2 saturated carbocycles. The van der Waals surface area contributed by atoms with Crippen LogP contribution in [0.2, 0.25) is 0 Å². The lowest BCUT2D eigenvalue weighted by atomic mass is 9.90. The summed E-state index contributed by atoms with van der Waals surface area (Å²) in [6.45, 7) is 2.26. The van der Waals surface area contributed by atoms with Gasteiger partial charge >= 0.3 is 12.2 Å². The number of aryl methyl sites for hydroxylation is 1. The Morgan fingerprint density at radius 2 is 1.35 bits per heavy atom. The van der Waals surface area contributed by atoms with Crippen molar-refractivity contribution in [2.24, 2.45) is 23.7 Å². The third-order valence-electron chi connectivity index (χ3n) is 14.8. The molecule has 11 rings (SSSR count). The van der Waals surface area contributed by atoms with Crippen LogP contribution in [-0.4, -0.2) is 124 Å². The van der Waals surface area contributed by atoms with Crippen LogP contribution in [0.5, 0.6) is 0 Å². The van der Waals surface area contributed by atoms with Crippen molar-refractivity contribution in [1.82, 2.24) is 50.8 Å². The number of rotatable bonds is 13. The van der Waals surface area contributed by atoms with Crippen LogP contribution in [0.1, 0.15) is 69.1 Å². The molecule has 4 amide bonds. The molecule has 18 heteroatoms. The van der Waals surface area contributed by atoms with Crippen LogP contribution in [0.25, 0.3) is 55.5 Å². The number of benzene rings is 3. The molecule has 0 spiro atoms. The number of ether oxygens (including phenoxy) is 4. The fraction of sp³-hybridized carbons (Fsp3) is 0.480. The second-order valence-corrected chi connectivity index (χ2v) is 19.1. The largest absolute Gasteiger partial charge is 0.453 e. The van der Waals surface area contributed by atoms with E-state index in [0.717, 1.165) is 99.2 Å². The maximum absolute atomic E-state index is 14.3. The van der Waals surface area contributed by atoms with E-state index in [9.17, 15) is 19.2 Å². The second kappa shape index (κ2) is 18.4. The highest BCUT2D eigenvalue weighted by Gasteiger charge is 2.56. The Labute approximate surface area is 392 Å². The number of piperidine rings is 1. The molecule has 5 N–H and O–H groups in total. The predicted molar refractivity (Wildman–Crippen MR) is 250 cm³/mol. The monoisotopic (exact) mass is 924 g/mol. The van der Waals surface area contributed by atoms with Crippen molar-refractivity contribution in [2.45, 2.75) is 88.0 Å². The van der Waals surface area contributed by atoms with E-state index < -0.39 is 24.3 Å². The molecule has 68 heavy (non-hydrogen) atoms. The minimum Gasteiger partial charge on any atom is -0.453 e. The summed E-state index contributed by atoms with van der Waals surface area (Å²) in [6.07, 6.45) is 7.69. The highest BCUT2D eigenvalue weighted by molar-refractivity contribution is 5.90. The summed E-state index contributed by atoms with van der Waals surface area (Å²) >= 11 is 0. The summed E-state index contributed by atoms with van der Waals surface area (Å²) < 4.78 is 20.8. The molecule has 5 aliphatic rings. The van der Waals surface area contributed by atoms with Gasteiger partial charge < -0.3 is 49.8 Å². The number of methoxy groups -OCH3 is 2. The van der Waals surface area contributed by atoms with E-state index in [4.69, 9.17) is 38.9 Å². The molecule has 354 valence electrons. The lowest BCUT2D eigenvalue weighted by molar-refractivity contribution is -0.138. The van der Waals surface area contributed by atoms with Gasteiger partial charge in [0.25, 0.3) is 0 Å². The number of aromatic nitrogens is 6. The quantitative estimate of drug-likeness (QED) is 0.0884. The van der Waals surface area contributed by atoms with E-state index in [0.29, 0.717) is 63.9 Å². The normalized spacial score (nSPS) is 23.5. The molecule has 3 saturated heterocycles. The number of fused-ring (bicyclic) bond motifs is 4. The SMILES string of the molecule is COC(=O)N[C@H](C(=O)N[C@@H]1C[C@@H]1CCc1nc2ccc(-c3ccc4nc(-c5ccc6nc([C@@H]7C[C@H]8C[C@H]8N7C(=O)[C@@H](NC(=O)OC)C7CCOCC7)[nH]c6c5)cnc4c3)cc2[nH]1)C1CCOCC1. The number of imidazole rings is 2. The van der Waals surface area contributed by atoms with Crippen LogP contribution in [0.15, 0.2) is 60.8 Å². The molecule has 6 heterocycles. The van der Waals surface area contributed by atoms with Crippen molar-refractivity contribution in [3.05, 3.63) is 72.4 Å². The Kier molecular flexibility index (Phi) is 11.9. The molecule has 2 aliphatic carbocycles. The van der Waals surface area contributed by atoms with E-state index in [1.165, 1.54) is 14.2 Å². The van der Waals surface area contributed by atoms with Crippen molar-refractivity contribution in [3.63, 3.8) is 0 Å². The van der Waals surface area contributed by atoms with Gasteiger partial charge in [0.05, 0.1) is 65.3 Å². The molecular weight excluding hydrogens is 869 g/mol. The van der Waals surface area contributed by atoms with Crippen LogP contribution in [0, 0.1) is 23.7 Å². The average molecular weight is 925 g/mol. The van der Waals surface area contributed by atoms with Gasteiger partial charge in [-0.05, 0) is 123 Å². The number of carbonyl (C=O) groups is 4. The molecular formula is C50H56N10O8. The van der Waals surface area contributed by atoms with Crippen molar-refractivity contribution >= 4 is 57.1 Å². The number of alkyl carbamates (subject to hydrolysis) is 2. The van der Waals surface area contributed by atoms with Gasteiger partial charge in [-0.1, -0.05) is 18.2 Å². The first-order chi connectivity index (χ1) is 33.2. The van der Waals surface area contributed by atoms with E-state index in [-0.39, 0.29) is 41.8 Å². The average Bonchev–Trinajstić information content (AvgIpc) is 4.13. The van der Waals surface area contributed by atoms with Crippen LogP contribution < -0.4 is 16.0 Å². The van der Waals surface area contributed by atoms with Crippen molar-refractivity contribution in [1.29, 1.82) is 0 Å². The molecule has 18 nitrogen and oxygen atoms in total. The highest BCUT2D eigenvalue weighted by atomic mass is 16.5. The maximum Gasteiger partial charge on any atom is 0.407 e. The topological polar surface area (TPSA) is 228 Å². The number of hydrogen-bond acceptors (Lipinski definition) is 12. The van der Waals surface area contributed by atoms with Crippen LogP contribution in [-0.2, 0) is 35.0 Å². The molecule has 3 aromatic carbocycles. The zero-order valence-electron chi connectivity index (χ0n) is 38.2. The van der Waals surface area contributed by atoms with Crippen molar-refractivity contribution in [2.75, 3.05) is 40.6 Å². The van der Waals surface area contributed by atoms with Gasteiger partial charge in [-0.25, -0.2) is 24.5 Å². The predicted octanol–water partition coefficient (Wildman–Crippen LogP) is 6.12. The third-order valence-corrected chi connectivity index (χ3v) is 14.8. The standard InChI is InChI=1S/C50H56N10O8/c1-65-49(63)58-44(26-11-15-67-16-12-26)47(61)57-36-21-30(36)6-10-43-53-34-8-4-29(20-38(34)54-43)28-3-7-33-37(19-28)51-25-40(52-33)31-5-9-35-39(22-31)56-46(55-35)42-24-32-23-41(32)60(42)48(62)45(59-50(64)66-2)27-13-17-68-18-14-27/h3-5,7-9,19-20,22,25-27,30,32,36,41-42,44-45H,6,10-18,21,23-24H2,1-2H3,(H,53,54)(H,55,56)(H,57,61)(H,58,63)(H,59,64)/t30-,32+,36+,41+,42-,44-,45-/m0/s1. The minimum absolute atomic E-state index is 0.00601. The van der Waals surface area contributed by atoms with E-state index in [1.807, 2.05) is 35.2 Å². The zero-order valence-corrected chi connectivity index (χ0v) is 38.2. The molecule has 7 atom stereocenters. The minimum atomic E-state index is -0.690. The summed E-state index contributed by atoms with van der Waals surface area (Å²) in [5.74, 6) is 2.12. The summed E-state index contributed by atoms with van der Waals surface area (Å²) in [5.41, 5.74) is 8.71. The summed E-state index contributed by atoms with van der Waals surface area (Å²) in [7, 11) is 2.62. The molecule has 3 aliphatic heterocycles. The highest BCUT2D eigenvalue weighted by Crippen LogP contribution is 2.53. The number of nitrogens with zero attached hydrogens (tertiary/aromatic N) is 5. The van der Waals surface area contributed by atoms with Crippen LogP contribution in [0.3, 0.4) is 0 Å². The van der Waals surface area contributed by atoms with Gasteiger partial charge in [0.2, 0.25) is 11.8 Å². The van der Waals surface area contributed by atoms with Crippen LogP contribution in [0.4, 0.5) is 9.59 Å². The molecule has 0 radical (unpaired) electrons. The lowest BCUT2D eigenvalue weighted by Gasteiger charge is -2.35. The summed E-state index contributed by atoms with van der Waals surface area (Å²) in [4.78, 5) is 80.8. The lowest BCUT2D eigenvalue weighted by Crippen LogP contribution is -2.54. The summed E-state index contributed by atoms with van der Waals surface area (Å²) in [6, 6.07) is 17.0. The van der Waals surface area contributed by atoms with Gasteiger partial charge in [-0.15, -0.1) is 0 Å². The fourth-order valence-corrected chi connectivity index (χ4v) is 10.8. The number of carbonyl (C=O) groups excluding carboxylic acids is 4. The summed E-state index contributed by atoms with van der Waals surface area (Å²) in [5, 5.41) is 8.77. The van der Waals surface area contributed by atoms with Gasteiger partial charge in [-0.2, -0.15) is 0 Å². The molecule has 0 bridgehead atoms. The number of amides is 4. The van der Waals surface area contributed by atoms with Gasteiger partial charge in [0, 0.05) is 50.5 Å². The Morgan fingerprint density at radius 3 is 2.09 bits per heavy atom. The van der Waals surface area contributed by atoms with Gasteiger partial charge in [0.1, 0.15) is 23.7 Å². The van der Waals surface area contributed by atoms with E-state index >= 15 is 0 Å². The maximum atomic E-state index is 14.3. The second-order valence-electron chi connectivity index (χ2n) is 19.1. The number of likely N-dealkylation sites (tertiary alicyclic amines) is 1. The Hall–Kier alpha value is -6.66. The number of nitrogens with one attached hydrogen (secondary N) is 5. The fourth-order valence-electron chi connectivity index (χ4n) is 10.8. The first-order valence-corrected chi connectivity index (χ1v) is 23.9. The molecule has 0 unspecified atom stereocenters. The third kappa shape index (κ3) is 8.94. The van der Waals surface area contributed by atoms with E-state index in [2.05, 4.69) is 50.2 Å². The number of aromatic amines is 2. The number of H-pyrrole nitrogens is 2. The Bertz CT molecular complexity index is 2890. The number of hydrogen-bond donors (Lipinski definition) is 5. The van der Waals surface area contributed by atoms with Crippen molar-refractivity contribution in [3.8, 4) is 22.4 Å². The first-order valence-electron chi connectivity index (χ1n) is 23.9. The van der Waals surface area contributed by atoms with Gasteiger partial charge in [-0.3, -0.25) is 14.6 Å². The van der Waals surface area contributed by atoms with Crippen LogP contribution >= 0.6 is 0 Å². The first kappa shape index (κ1) is 43.9. The Morgan fingerprint density at radius 1 is 0.721 bits per heavy atom. The molecule has 3 aromatic heterocycles. The van der Waals surface area contributed by atoms with E-state index in [1.54, 1.807) is 6.20 Å². The molecule has 5 fully saturated rings. The zero-order chi connectivity index (χ0) is 46.5. The Balaban J connectivity index is 0.738. The molecule has 6 aromatic rings. The smallest absolute Gasteiger partial charge is 0.407 e. The van der Waals surface area contributed by atoms with Gasteiger partial charge in [0.15, 0.2) is 0 Å².